The first-order valence-corrected chi connectivity index (χ1v) is 16.4. The molecule has 0 amide bonds. The molecule has 0 spiro atoms. The smallest absolute Gasteiger partial charge is 0.186 e. The lowest BCUT2D eigenvalue weighted by Gasteiger charge is -2.60. The maximum absolute atomic E-state index is 11.7. The third-order valence-corrected chi connectivity index (χ3v) is 12.6. The maximum atomic E-state index is 11.7. The van der Waals surface area contributed by atoms with Gasteiger partial charge >= 0.3 is 0 Å². The molecule has 0 radical (unpaired) electrons. The minimum atomic E-state index is -1.49. The lowest BCUT2D eigenvalue weighted by Crippen LogP contribution is -2.60. The van der Waals surface area contributed by atoms with Gasteiger partial charge in [0.2, 0.25) is 0 Å². The maximum Gasteiger partial charge on any atom is 0.186 e. The topological polar surface area (TPSA) is 140 Å². The summed E-state index contributed by atoms with van der Waals surface area (Å²) in [6.07, 6.45) is 2.40. The summed E-state index contributed by atoms with van der Waals surface area (Å²) in [5, 5.41) is 63.6. The Morgan fingerprint density at radius 1 is 0.902 bits per heavy atom. The number of ether oxygens (including phenoxy) is 2. The molecule has 8 nitrogen and oxygen atoms in total. The molecule has 8 heteroatoms. The summed E-state index contributed by atoms with van der Waals surface area (Å²) in [4.78, 5) is 0. The SMILES string of the molecule is CC(C)CCC[C@@H](C)[C@H]1CCC2C3C(O)C(O)=C4CC(O[C@H]5O[C@H](CO)[C@H](O)[C@H](O)[C@@H]5O)CC[C@]4(C)C3CC[C@@]21C. The van der Waals surface area contributed by atoms with Crippen molar-refractivity contribution in [2.24, 2.45) is 46.3 Å². The molecule has 1 aliphatic heterocycles. The van der Waals surface area contributed by atoms with Crippen LogP contribution in [0.25, 0.3) is 0 Å². The molecule has 0 aromatic rings. The predicted molar refractivity (Wildman–Crippen MR) is 155 cm³/mol. The van der Waals surface area contributed by atoms with E-state index in [0.717, 1.165) is 30.8 Å². The highest BCUT2D eigenvalue weighted by atomic mass is 16.7. The first-order chi connectivity index (χ1) is 19.3. The Labute approximate surface area is 246 Å². The van der Waals surface area contributed by atoms with Crippen molar-refractivity contribution >= 4 is 0 Å². The van der Waals surface area contributed by atoms with Crippen LogP contribution in [0, 0.1) is 46.3 Å². The molecule has 1 heterocycles. The van der Waals surface area contributed by atoms with E-state index in [2.05, 4.69) is 34.6 Å². The third-order valence-electron chi connectivity index (χ3n) is 12.6. The molecule has 4 aliphatic carbocycles. The Hall–Kier alpha value is -0.740. The van der Waals surface area contributed by atoms with E-state index < -0.39 is 43.4 Å². The Bertz CT molecular complexity index is 952. The number of rotatable bonds is 8. The first kappa shape index (κ1) is 31.7. The number of fused-ring (bicyclic) bond motifs is 5. The average molecular weight is 581 g/mol. The molecule has 236 valence electrons. The second-order valence-electron chi connectivity index (χ2n) is 15.2. The summed E-state index contributed by atoms with van der Waals surface area (Å²) in [6.45, 7) is 11.3. The molecule has 14 atom stereocenters. The van der Waals surface area contributed by atoms with Gasteiger partial charge in [-0.1, -0.05) is 53.9 Å². The van der Waals surface area contributed by atoms with Crippen molar-refractivity contribution in [1.29, 1.82) is 0 Å². The lowest BCUT2D eigenvalue weighted by molar-refractivity contribution is -0.313. The second kappa shape index (κ2) is 12.0. The van der Waals surface area contributed by atoms with Gasteiger partial charge in [-0.2, -0.15) is 0 Å². The molecule has 5 aliphatic rings. The van der Waals surface area contributed by atoms with E-state index in [1.807, 2.05) is 0 Å². The average Bonchev–Trinajstić information content (AvgIpc) is 3.29. The lowest BCUT2D eigenvalue weighted by atomic mass is 9.46. The van der Waals surface area contributed by atoms with E-state index in [0.29, 0.717) is 36.5 Å². The van der Waals surface area contributed by atoms with E-state index in [-0.39, 0.29) is 28.6 Å². The van der Waals surface area contributed by atoms with Crippen molar-refractivity contribution in [2.45, 2.75) is 142 Å². The molecule has 0 bridgehead atoms. The van der Waals surface area contributed by atoms with E-state index in [1.165, 1.54) is 32.1 Å². The van der Waals surface area contributed by atoms with Crippen LogP contribution in [0.2, 0.25) is 0 Å². The molecule has 41 heavy (non-hydrogen) atoms. The minimum absolute atomic E-state index is 0.0540. The van der Waals surface area contributed by atoms with Crippen molar-refractivity contribution in [3.8, 4) is 0 Å². The van der Waals surface area contributed by atoms with Crippen LogP contribution in [0.5, 0.6) is 0 Å². The highest BCUT2D eigenvalue weighted by molar-refractivity contribution is 5.31. The molecule has 0 aromatic heterocycles. The normalized spacial score (nSPS) is 49.0. The molecule has 4 fully saturated rings. The van der Waals surface area contributed by atoms with Crippen LogP contribution >= 0.6 is 0 Å². The van der Waals surface area contributed by atoms with Crippen LogP contribution in [-0.4, -0.2) is 80.2 Å². The zero-order valence-corrected chi connectivity index (χ0v) is 25.8. The first-order valence-electron chi connectivity index (χ1n) is 16.4. The summed E-state index contributed by atoms with van der Waals surface area (Å²) >= 11 is 0. The molecular weight excluding hydrogens is 524 g/mol. The Morgan fingerprint density at radius 3 is 2.32 bits per heavy atom. The molecule has 5 rings (SSSR count). The van der Waals surface area contributed by atoms with E-state index in [1.54, 1.807) is 0 Å². The number of hydrogen-bond acceptors (Lipinski definition) is 8. The summed E-state index contributed by atoms with van der Waals surface area (Å²) < 4.78 is 11.7. The predicted octanol–water partition coefficient (Wildman–Crippen LogP) is 4.07. The van der Waals surface area contributed by atoms with Gasteiger partial charge in [-0.05, 0) is 96.9 Å². The van der Waals surface area contributed by atoms with Gasteiger partial charge in [0.15, 0.2) is 6.29 Å². The molecule has 6 N–H and O–H groups in total. The van der Waals surface area contributed by atoms with Crippen LogP contribution in [0.15, 0.2) is 11.3 Å². The van der Waals surface area contributed by atoms with Gasteiger partial charge in [0.25, 0.3) is 0 Å². The molecule has 0 aromatic carbocycles. The number of hydrogen-bond donors (Lipinski definition) is 6. The standard InChI is InChI=1S/C33H56O8/c1-17(2)7-6-8-18(3)20-9-10-21-25-22(12-14-32(20,21)4)33(5)13-11-19(15-23(33)26(35)28(25)37)40-31-30(39)29(38)27(36)24(16-34)41-31/h17-22,24-25,27-31,34-39H,6-16H2,1-5H3/t18-,19?,20-,21?,22?,24-,25?,27+,28?,29+,30+,31+,32-,33-/m1/s1. The van der Waals surface area contributed by atoms with Crippen molar-refractivity contribution in [3.63, 3.8) is 0 Å². The van der Waals surface area contributed by atoms with Crippen LogP contribution in [0.1, 0.15) is 98.8 Å². The highest BCUT2D eigenvalue weighted by Gasteiger charge is 2.63. The zero-order valence-electron chi connectivity index (χ0n) is 25.8. The van der Waals surface area contributed by atoms with Crippen molar-refractivity contribution in [1.82, 2.24) is 0 Å². The Morgan fingerprint density at radius 2 is 1.63 bits per heavy atom. The van der Waals surface area contributed by atoms with E-state index in [9.17, 15) is 30.6 Å². The number of aliphatic hydroxyl groups is 6. The van der Waals surface area contributed by atoms with Gasteiger partial charge in [-0.25, -0.2) is 0 Å². The van der Waals surface area contributed by atoms with E-state index >= 15 is 0 Å². The largest absolute Gasteiger partial charge is 0.510 e. The van der Waals surface area contributed by atoms with Crippen molar-refractivity contribution in [2.75, 3.05) is 6.61 Å². The van der Waals surface area contributed by atoms with Gasteiger partial charge in [0.05, 0.1) is 12.7 Å². The third kappa shape index (κ3) is 5.42. The van der Waals surface area contributed by atoms with Gasteiger partial charge in [0.1, 0.15) is 36.3 Å². The highest BCUT2D eigenvalue weighted by Crippen LogP contribution is 2.68. The molecule has 3 saturated carbocycles. The van der Waals surface area contributed by atoms with Crippen LogP contribution in [0.3, 0.4) is 0 Å². The fourth-order valence-electron chi connectivity index (χ4n) is 10.2. The zero-order chi connectivity index (χ0) is 29.9. The minimum Gasteiger partial charge on any atom is -0.510 e. The quantitative estimate of drug-likeness (QED) is 0.253. The summed E-state index contributed by atoms with van der Waals surface area (Å²) in [5.74, 6) is 2.93. The number of aliphatic hydroxyl groups excluding tert-OH is 6. The summed E-state index contributed by atoms with van der Waals surface area (Å²) in [7, 11) is 0. The Balaban J connectivity index is 1.31. The summed E-state index contributed by atoms with van der Waals surface area (Å²) in [5.41, 5.74) is 0.815. The summed E-state index contributed by atoms with van der Waals surface area (Å²) in [6, 6.07) is 0. The molecule has 5 unspecified atom stereocenters. The van der Waals surface area contributed by atoms with Crippen molar-refractivity contribution in [3.05, 3.63) is 11.3 Å². The fraction of sp³-hybridized carbons (Fsp3) is 0.939. The second-order valence-corrected chi connectivity index (χ2v) is 15.2. The van der Waals surface area contributed by atoms with Crippen molar-refractivity contribution < 1.29 is 40.1 Å². The molecular formula is C33H56O8. The fourth-order valence-corrected chi connectivity index (χ4v) is 10.2. The van der Waals surface area contributed by atoms with Crippen LogP contribution in [-0.2, 0) is 9.47 Å². The van der Waals surface area contributed by atoms with Crippen LogP contribution in [0.4, 0.5) is 0 Å². The van der Waals surface area contributed by atoms with Gasteiger partial charge < -0.3 is 40.1 Å². The Kier molecular flexibility index (Phi) is 9.26. The van der Waals surface area contributed by atoms with Gasteiger partial charge in [-0.15, -0.1) is 0 Å². The van der Waals surface area contributed by atoms with Gasteiger partial charge in [0, 0.05) is 0 Å². The van der Waals surface area contributed by atoms with E-state index in [4.69, 9.17) is 9.47 Å². The monoisotopic (exact) mass is 580 g/mol. The van der Waals surface area contributed by atoms with Crippen LogP contribution < -0.4 is 0 Å². The molecule has 1 saturated heterocycles. The van der Waals surface area contributed by atoms with Gasteiger partial charge in [-0.3, -0.25) is 0 Å².